The molecule has 0 unspecified atom stereocenters. The second-order valence-electron chi connectivity index (χ2n) is 4.89. The fourth-order valence-electron chi connectivity index (χ4n) is 1.88. The van der Waals surface area contributed by atoms with Crippen molar-refractivity contribution in [2.45, 2.75) is 26.8 Å². The molecule has 2 rings (SSSR count). The molecule has 0 saturated carbocycles. The molecule has 2 heterocycles. The molecule has 0 N–H and O–H groups in total. The summed E-state index contributed by atoms with van der Waals surface area (Å²) in [5.74, 6) is 0.498. The lowest BCUT2D eigenvalue weighted by Gasteiger charge is -2.22. The van der Waals surface area contributed by atoms with Crippen molar-refractivity contribution >= 4 is 11.6 Å². The minimum atomic E-state index is -0.0538. The van der Waals surface area contributed by atoms with E-state index in [0.29, 0.717) is 11.3 Å². The SMILES string of the molecule is COc1cc2ncc(C)n2cc1C(=O)N(C)C(C)C. The predicted molar refractivity (Wildman–Crippen MR) is 73.7 cm³/mol. The van der Waals surface area contributed by atoms with Crippen LogP contribution < -0.4 is 4.74 Å². The molecule has 0 fully saturated rings. The van der Waals surface area contributed by atoms with Crippen LogP contribution in [-0.4, -0.2) is 40.4 Å². The smallest absolute Gasteiger partial charge is 0.259 e. The lowest BCUT2D eigenvalue weighted by Crippen LogP contribution is -2.33. The van der Waals surface area contributed by atoms with Gasteiger partial charge in [-0.05, 0) is 20.8 Å². The molecule has 0 aliphatic carbocycles. The van der Waals surface area contributed by atoms with E-state index in [4.69, 9.17) is 4.74 Å². The van der Waals surface area contributed by atoms with E-state index in [1.807, 2.05) is 25.2 Å². The minimum absolute atomic E-state index is 0.0538. The van der Waals surface area contributed by atoms with Gasteiger partial charge in [0.05, 0.1) is 12.7 Å². The van der Waals surface area contributed by atoms with Crippen LogP contribution in [-0.2, 0) is 0 Å². The Labute approximate surface area is 112 Å². The molecule has 0 spiro atoms. The third kappa shape index (κ3) is 2.28. The van der Waals surface area contributed by atoms with E-state index in [1.165, 1.54) is 0 Å². The number of imidazole rings is 1. The van der Waals surface area contributed by atoms with Crippen LogP contribution >= 0.6 is 0 Å². The molecule has 0 aromatic carbocycles. The Kier molecular flexibility index (Phi) is 3.46. The number of hydrogen-bond donors (Lipinski definition) is 0. The number of ether oxygens (including phenoxy) is 1. The van der Waals surface area contributed by atoms with Gasteiger partial charge in [-0.3, -0.25) is 4.79 Å². The number of carbonyl (C=O) groups is 1. The monoisotopic (exact) mass is 261 g/mol. The molecule has 0 atom stereocenters. The summed E-state index contributed by atoms with van der Waals surface area (Å²) >= 11 is 0. The number of hydrogen-bond acceptors (Lipinski definition) is 3. The Morgan fingerprint density at radius 1 is 1.47 bits per heavy atom. The van der Waals surface area contributed by atoms with E-state index in [9.17, 15) is 4.79 Å². The molecule has 0 bridgehead atoms. The first-order valence-corrected chi connectivity index (χ1v) is 6.24. The first-order chi connectivity index (χ1) is 8.95. The van der Waals surface area contributed by atoms with Gasteiger partial charge in [0.2, 0.25) is 0 Å². The van der Waals surface area contributed by atoms with Gasteiger partial charge in [-0.15, -0.1) is 0 Å². The fourth-order valence-corrected chi connectivity index (χ4v) is 1.88. The Balaban J connectivity index is 2.57. The van der Waals surface area contributed by atoms with Crippen molar-refractivity contribution in [3.05, 3.63) is 29.7 Å². The van der Waals surface area contributed by atoms with Crippen LogP contribution in [0, 0.1) is 6.92 Å². The zero-order chi connectivity index (χ0) is 14.2. The minimum Gasteiger partial charge on any atom is -0.496 e. The highest BCUT2D eigenvalue weighted by atomic mass is 16.5. The molecular formula is C14H19N3O2. The maximum Gasteiger partial charge on any atom is 0.259 e. The average Bonchev–Trinajstić information content (AvgIpc) is 2.76. The van der Waals surface area contributed by atoms with Crippen LogP contribution in [0.2, 0.25) is 0 Å². The normalized spacial score (nSPS) is 11.1. The van der Waals surface area contributed by atoms with Crippen molar-refractivity contribution in [2.24, 2.45) is 0 Å². The van der Waals surface area contributed by atoms with Gasteiger partial charge in [-0.1, -0.05) is 0 Å². The summed E-state index contributed by atoms with van der Waals surface area (Å²) in [6.45, 7) is 5.91. The second-order valence-corrected chi connectivity index (χ2v) is 4.89. The molecule has 1 amide bonds. The molecule has 5 nitrogen and oxygen atoms in total. The molecule has 2 aromatic rings. The summed E-state index contributed by atoms with van der Waals surface area (Å²) in [6.07, 6.45) is 3.56. The van der Waals surface area contributed by atoms with Gasteiger partial charge in [-0.25, -0.2) is 4.98 Å². The molecule has 102 valence electrons. The van der Waals surface area contributed by atoms with E-state index < -0.39 is 0 Å². The summed E-state index contributed by atoms with van der Waals surface area (Å²) in [7, 11) is 3.35. The van der Waals surface area contributed by atoms with E-state index in [-0.39, 0.29) is 11.9 Å². The zero-order valence-corrected chi connectivity index (χ0v) is 12.0. The predicted octanol–water partition coefficient (Wildman–Crippen LogP) is 2.13. The number of fused-ring (bicyclic) bond motifs is 1. The van der Waals surface area contributed by atoms with Crippen molar-refractivity contribution in [1.29, 1.82) is 0 Å². The van der Waals surface area contributed by atoms with Gasteiger partial charge in [0, 0.05) is 37.2 Å². The Hall–Kier alpha value is -2.04. The van der Waals surface area contributed by atoms with Crippen molar-refractivity contribution in [3.8, 4) is 5.75 Å². The summed E-state index contributed by atoms with van der Waals surface area (Å²) in [5.41, 5.74) is 2.31. The number of rotatable bonds is 3. The van der Waals surface area contributed by atoms with E-state index in [0.717, 1.165) is 11.3 Å². The van der Waals surface area contributed by atoms with Gasteiger partial charge >= 0.3 is 0 Å². The maximum atomic E-state index is 12.5. The highest BCUT2D eigenvalue weighted by molar-refractivity contribution is 5.97. The van der Waals surface area contributed by atoms with Crippen molar-refractivity contribution in [3.63, 3.8) is 0 Å². The highest BCUT2D eigenvalue weighted by Gasteiger charge is 2.20. The number of amides is 1. The second kappa shape index (κ2) is 4.91. The van der Waals surface area contributed by atoms with Crippen LogP contribution in [0.25, 0.3) is 5.65 Å². The van der Waals surface area contributed by atoms with E-state index in [1.54, 1.807) is 37.5 Å². The molecule has 0 aliphatic rings. The van der Waals surface area contributed by atoms with Crippen molar-refractivity contribution in [2.75, 3.05) is 14.2 Å². The van der Waals surface area contributed by atoms with E-state index >= 15 is 0 Å². The Morgan fingerprint density at radius 3 is 2.74 bits per heavy atom. The number of methoxy groups -OCH3 is 1. The van der Waals surface area contributed by atoms with Crippen LogP contribution in [0.4, 0.5) is 0 Å². The van der Waals surface area contributed by atoms with Gasteiger partial charge in [0.15, 0.2) is 0 Å². The number of aryl methyl sites for hydroxylation is 1. The lowest BCUT2D eigenvalue weighted by atomic mass is 10.2. The van der Waals surface area contributed by atoms with Gasteiger partial charge in [-0.2, -0.15) is 0 Å². The summed E-state index contributed by atoms with van der Waals surface area (Å²) in [6, 6.07) is 1.92. The number of aromatic nitrogens is 2. The molecule has 0 radical (unpaired) electrons. The maximum absolute atomic E-state index is 12.5. The molecule has 0 aliphatic heterocycles. The first kappa shape index (κ1) is 13.4. The first-order valence-electron chi connectivity index (χ1n) is 6.24. The van der Waals surface area contributed by atoms with E-state index in [2.05, 4.69) is 4.98 Å². The summed E-state index contributed by atoms with van der Waals surface area (Å²) < 4.78 is 7.21. The zero-order valence-electron chi connectivity index (χ0n) is 12.0. The van der Waals surface area contributed by atoms with Crippen LogP contribution in [0.3, 0.4) is 0 Å². The standard InChI is InChI=1S/C14H19N3O2/c1-9(2)16(4)14(18)11-8-17-10(3)7-15-13(17)6-12(11)19-5/h6-9H,1-5H3. The topological polar surface area (TPSA) is 46.8 Å². The highest BCUT2D eigenvalue weighted by Crippen LogP contribution is 2.23. The van der Waals surface area contributed by atoms with Crippen LogP contribution in [0.15, 0.2) is 18.5 Å². The number of pyridine rings is 1. The van der Waals surface area contributed by atoms with Crippen LogP contribution in [0.5, 0.6) is 5.75 Å². The third-order valence-electron chi connectivity index (χ3n) is 3.34. The lowest BCUT2D eigenvalue weighted by molar-refractivity contribution is 0.0751. The molecule has 19 heavy (non-hydrogen) atoms. The molecular weight excluding hydrogens is 242 g/mol. The fraction of sp³-hybridized carbons (Fsp3) is 0.429. The molecule has 5 heteroatoms. The van der Waals surface area contributed by atoms with Gasteiger partial charge < -0.3 is 14.0 Å². The van der Waals surface area contributed by atoms with Gasteiger partial charge in [0.1, 0.15) is 11.4 Å². The molecule has 2 aromatic heterocycles. The quantitative estimate of drug-likeness (QED) is 0.850. The number of carbonyl (C=O) groups excluding carboxylic acids is 1. The van der Waals surface area contributed by atoms with Crippen LogP contribution in [0.1, 0.15) is 29.9 Å². The van der Waals surface area contributed by atoms with Gasteiger partial charge in [0.25, 0.3) is 5.91 Å². The Morgan fingerprint density at radius 2 is 2.16 bits per heavy atom. The summed E-state index contributed by atoms with van der Waals surface area (Å²) in [5, 5.41) is 0. The number of nitrogens with zero attached hydrogens (tertiary/aromatic N) is 3. The van der Waals surface area contributed by atoms with Crippen molar-refractivity contribution in [1.82, 2.24) is 14.3 Å². The Bertz CT molecular complexity index is 616. The molecule has 0 saturated heterocycles. The summed E-state index contributed by atoms with van der Waals surface area (Å²) in [4.78, 5) is 18.4. The van der Waals surface area contributed by atoms with Crippen molar-refractivity contribution < 1.29 is 9.53 Å². The third-order valence-corrected chi connectivity index (χ3v) is 3.34. The largest absolute Gasteiger partial charge is 0.496 e. The average molecular weight is 261 g/mol.